The fourth-order valence-corrected chi connectivity index (χ4v) is 3.79. The highest BCUT2D eigenvalue weighted by molar-refractivity contribution is 5.97. The molecule has 3 unspecified atom stereocenters. The average Bonchev–Trinajstić information content (AvgIpc) is 3.33. The van der Waals surface area contributed by atoms with E-state index >= 15 is 0 Å². The largest absolute Gasteiger partial charge is 0.381 e. The Labute approximate surface area is 126 Å². The van der Waals surface area contributed by atoms with Crippen LogP contribution in [0.15, 0.2) is 0 Å². The van der Waals surface area contributed by atoms with E-state index in [4.69, 9.17) is 4.74 Å². The number of piperazine rings is 1. The first-order valence-corrected chi connectivity index (χ1v) is 8.33. The number of amides is 2. The molecule has 2 aliphatic heterocycles. The fraction of sp³-hybridized carbons (Fsp3) is 0.875. The van der Waals surface area contributed by atoms with Crippen LogP contribution in [-0.4, -0.2) is 48.1 Å². The Morgan fingerprint density at radius 1 is 1.24 bits per heavy atom. The minimum Gasteiger partial charge on any atom is -0.381 e. The lowest BCUT2D eigenvalue weighted by molar-refractivity contribution is -0.154. The maximum Gasteiger partial charge on any atom is 0.246 e. The molecule has 2 saturated heterocycles. The Morgan fingerprint density at radius 3 is 2.48 bits per heavy atom. The van der Waals surface area contributed by atoms with Gasteiger partial charge in [-0.3, -0.25) is 9.59 Å². The van der Waals surface area contributed by atoms with Crippen molar-refractivity contribution in [2.75, 3.05) is 13.2 Å². The molecule has 2 amide bonds. The molecule has 0 aromatic rings. The molecular formula is C16H26N2O3. The van der Waals surface area contributed by atoms with Gasteiger partial charge in [0.1, 0.15) is 12.1 Å². The second-order valence-electron chi connectivity index (χ2n) is 6.68. The van der Waals surface area contributed by atoms with E-state index in [-0.39, 0.29) is 29.9 Å². The first-order chi connectivity index (χ1) is 10.1. The molecule has 21 heavy (non-hydrogen) atoms. The van der Waals surface area contributed by atoms with Crippen molar-refractivity contribution in [2.24, 2.45) is 11.8 Å². The predicted octanol–water partition coefficient (Wildman–Crippen LogP) is 1.32. The van der Waals surface area contributed by atoms with Crippen molar-refractivity contribution in [3.8, 4) is 0 Å². The lowest BCUT2D eigenvalue weighted by Gasteiger charge is -2.45. The summed E-state index contributed by atoms with van der Waals surface area (Å²) >= 11 is 0. The van der Waals surface area contributed by atoms with Crippen LogP contribution in [0.4, 0.5) is 0 Å². The molecule has 3 atom stereocenters. The van der Waals surface area contributed by atoms with Gasteiger partial charge in [0.25, 0.3) is 0 Å². The molecule has 2 heterocycles. The number of ether oxygens (including phenoxy) is 1. The zero-order valence-corrected chi connectivity index (χ0v) is 13.0. The predicted molar refractivity (Wildman–Crippen MR) is 78.6 cm³/mol. The first-order valence-electron chi connectivity index (χ1n) is 8.33. The van der Waals surface area contributed by atoms with Gasteiger partial charge < -0.3 is 15.0 Å². The summed E-state index contributed by atoms with van der Waals surface area (Å²) in [5.74, 6) is 0.988. The minimum absolute atomic E-state index is 0.0351. The van der Waals surface area contributed by atoms with Gasteiger partial charge in [-0.05, 0) is 50.9 Å². The Kier molecular flexibility index (Phi) is 4.20. The summed E-state index contributed by atoms with van der Waals surface area (Å²) in [4.78, 5) is 27.2. The van der Waals surface area contributed by atoms with Crippen molar-refractivity contribution in [3.63, 3.8) is 0 Å². The highest BCUT2D eigenvalue weighted by Gasteiger charge is 2.48. The van der Waals surface area contributed by atoms with Crippen LogP contribution in [0.3, 0.4) is 0 Å². The summed E-state index contributed by atoms with van der Waals surface area (Å²) < 4.78 is 5.42. The van der Waals surface area contributed by atoms with Crippen LogP contribution < -0.4 is 5.32 Å². The molecule has 0 bridgehead atoms. The summed E-state index contributed by atoms with van der Waals surface area (Å²) in [5, 5.41) is 2.96. The van der Waals surface area contributed by atoms with E-state index in [2.05, 4.69) is 12.2 Å². The lowest BCUT2D eigenvalue weighted by atomic mass is 9.88. The number of hydrogen-bond donors (Lipinski definition) is 1. The van der Waals surface area contributed by atoms with Gasteiger partial charge in [0.05, 0.1) is 0 Å². The van der Waals surface area contributed by atoms with E-state index in [1.807, 2.05) is 11.8 Å². The van der Waals surface area contributed by atoms with Crippen LogP contribution in [0.25, 0.3) is 0 Å². The van der Waals surface area contributed by atoms with Crippen LogP contribution >= 0.6 is 0 Å². The third-order valence-electron chi connectivity index (χ3n) is 5.32. The van der Waals surface area contributed by atoms with E-state index in [1.54, 1.807) is 0 Å². The molecule has 3 aliphatic rings. The van der Waals surface area contributed by atoms with Gasteiger partial charge in [-0.25, -0.2) is 0 Å². The second-order valence-corrected chi connectivity index (χ2v) is 6.68. The van der Waals surface area contributed by atoms with E-state index in [1.165, 1.54) is 0 Å². The number of rotatable bonds is 4. The maximum absolute atomic E-state index is 12.9. The number of carbonyl (C=O) groups is 2. The zero-order chi connectivity index (χ0) is 15.0. The van der Waals surface area contributed by atoms with Gasteiger partial charge in [0.15, 0.2) is 0 Å². The Balaban J connectivity index is 1.79. The van der Waals surface area contributed by atoms with E-state index in [0.717, 1.165) is 38.9 Å². The highest BCUT2D eigenvalue weighted by atomic mass is 16.5. The van der Waals surface area contributed by atoms with E-state index in [9.17, 15) is 9.59 Å². The molecule has 3 fully saturated rings. The van der Waals surface area contributed by atoms with Crippen molar-refractivity contribution in [1.82, 2.24) is 10.2 Å². The molecule has 118 valence electrons. The lowest BCUT2D eigenvalue weighted by Crippen LogP contribution is -2.66. The molecule has 1 aliphatic carbocycles. The molecular weight excluding hydrogens is 268 g/mol. The summed E-state index contributed by atoms with van der Waals surface area (Å²) in [7, 11) is 0. The Bertz CT molecular complexity index is 416. The van der Waals surface area contributed by atoms with Crippen LogP contribution in [0.5, 0.6) is 0 Å². The van der Waals surface area contributed by atoms with Gasteiger partial charge in [-0.1, -0.05) is 6.92 Å². The van der Waals surface area contributed by atoms with E-state index < -0.39 is 0 Å². The number of nitrogens with one attached hydrogen (secondary N) is 1. The quantitative estimate of drug-likeness (QED) is 0.850. The van der Waals surface area contributed by atoms with Gasteiger partial charge in [0.2, 0.25) is 11.8 Å². The third-order valence-corrected chi connectivity index (χ3v) is 5.32. The molecule has 1 N–H and O–H groups in total. The van der Waals surface area contributed by atoms with Crippen LogP contribution in [0.2, 0.25) is 0 Å². The summed E-state index contributed by atoms with van der Waals surface area (Å²) in [5.41, 5.74) is 0. The van der Waals surface area contributed by atoms with Gasteiger partial charge >= 0.3 is 0 Å². The van der Waals surface area contributed by atoms with Gasteiger partial charge in [-0.15, -0.1) is 0 Å². The molecule has 3 rings (SSSR count). The molecule has 0 aromatic heterocycles. The molecule has 1 saturated carbocycles. The first kappa shape index (κ1) is 14.8. The van der Waals surface area contributed by atoms with Crippen molar-refractivity contribution in [2.45, 2.75) is 64.1 Å². The fourth-order valence-electron chi connectivity index (χ4n) is 3.79. The Morgan fingerprint density at radius 2 is 1.90 bits per heavy atom. The highest BCUT2D eigenvalue weighted by Crippen LogP contribution is 2.37. The standard InChI is InChI=1S/C16H26N2O3/c1-3-13-15(19)17-14(12-4-5-12)16(20)18(13)10(2)11-6-8-21-9-7-11/h10-14H,3-9H2,1-2H3,(H,17,19). The normalized spacial score (nSPS) is 33.0. The van der Waals surface area contributed by atoms with Crippen LogP contribution in [-0.2, 0) is 14.3 Å². The van der Waals surface area contributed by atoms with E-state index in [0.29, 0.717) is 18.3 Å². The minimum atomic E-state index is -0.301. The average molecular weight is 294 g/mol. The van der Waals surface area contributed by atoms with Crippen molar-refractivity contribution < 1.29 is 14.3 Å². The molecule has 0 spiro atoms. The monoisotopic (exact) mass is 294 g/mol. The van der Waals surface area contributed by atoms with Crippen molar-refractivity contribution in [3.05, 3.63) is 0 Å². The van der Waals surface area contributed by atoms with Crippen molar-refractivity contribution in [1.29, 1.82) is 0 Å². The van der Waals surface area contributed by atoms with Crippen molar-refractivity contribution >= 4 is 11.8 Å². The molecule has 5 nitrogen and oxygen atoms in total. The molecule has 0 radical (unpaired) electrons. The van der Waals surface area contributed by atoms with Gasteiger partial charge in [0, 0.05) is 19.3 Å². The molecule has 0 aromatic carbocycles. The van der Waals surface area contributed by atoms with Crippen LogP contribution in [0, 0.1) is 11.8 Å². The third kappa shape index (κ3) is 2.80. The number of carbonyl (C=O) groups excluding carboxylic acids is 2. The van der Waals surface area contributed by atoms with Gasteiger partial charge in [-0.2, -0.15) is 0 Å². The smallest absolute Gasteiger partial charge is 0.246 e. The maximum atomic E-state index is 12.9. The summed E-state index contributed by atoms with van der Waals surface area (Å²) in [6, 6.07) is -0.452. The number of nitrogens with zero attached hydrogens (tertiary/aromatic N) is 1. The van der Waals surface area contributed by atoms with Crippen LogP contribution in [0.1, 0.15) is 46.0 Å². The summed E-state index contributed by atoms with van der Waals surface area (Å²) in [6.45, 7) is 5.63. The molecule has 5 heteroatoms. The number of hydrogen-bond acceptors (Lipinski definition) is 3. The second kappa shape index (κ2) is 5.95. The zero-order valence-electron chi connectivity index (χ0n) is 13.0. The Hall–Kier alpha value is -1.10. The SMILES string of the molecule is CCC1C(=O)NC(C2CC2)C(=O)N1C(C)C1CCOCC1. The summed E-state index contributed by atoms with van der Waals surface area (Å²) in [6.07, 6.45) is 4.77. The topological polar surface area (TPSA) is 58.6 Å².